The Balaban J connectivity index is 1.63. The van der Waals surface area contributed by atoms with Crippen LogP contribution in [0.15, 0.2) is 66.9 Å². The summed E-state index contributed by atoms with van der Waals surface area (Å²) in [6, 6.07) is 18.4. The molecule has 2 heterocycles. The van der Waals surface area contributed by atoms with Gasteiger partial charge in [0, 0.05) is 12.7 Å². The van der Waals surface area contributed by atoms with E-state index in [0.29, 0.717) is 35.2 Å². The Morgan fingerprint density at radius 2 is 1.81 bits per heavy atom. The van der Waals surface area contributed by atoms with Crippen LogP contribution in [0.5, 0.6) is 11.5 Å². The summed E-state index contributed by atoms with van der Waals surface area (Å²) in [4.78, 5) is 19.2. The number of amides is 1. The summed E-state index contributed by atoms with van der Waals surface area (Å²) in [5, 5.41) is 0.430. The zero-order valence-electron chi connectivity index (χ0n) is 14.5. The highest BCUT2D eigenvalue weighted by Crippen LogP contribution is 2.33. The first kappa shape index (κ1) is 17.4. The highest BCUT2D eigenvalue weighted by atomic mass is 35.5. The molecule has 1 amide bonds. The lowest BCUT2D eigenvalue weighted by atomic mass is 10.1. The summed E-state index contributed by atoms with van der Waals surface area (Å²) in [7, 11) is 0. The third kappa shape index (κ3) is 3.88. The molecule has 0 N–H and O–H groups in total. The first-order valence-electron chi connectivity index (χ1n) is 8.53. The second-order valence-electron chi connectivity index (χ2n) is 6.15. The quantitative estimate of drug-likeness (QED) is 0.662. The SMILES string of the molecule is O=C(c1ccccc1Cl)N(Cc1ccc2c(c1)OCO2)Cc1ccccn1. The molecule has 0 spiro atoms. The van der Waals surface area contributed by atoms with Gasteiger partial charge in [-0.25, -0.2) is 0 Å². The number of hydrogen-bond acceptors (Lipinski definition) is 4. The van der Waals surface area contributed by atoms with Crippen molar-refractivity contribution in [2.45, 2.75) is 13.1 Å². The van der Waals surface area contributed by atoms with Crippen molar-refractivity contribution < 1.29 is 14.3 Å². The Bertz CT molecular complexity index is 963. The molecule has 0 bridgehead atoms. The van der Waals surface area contributed by atoms with Gasteiger partial charge in [-0.05, 0) is 42.0 Å². The van der Waals surface area contributed by atoms with Crippen LogP contribution in [-0.2, 0) is 13.1 Å². The van der Waals surface area contributed by atoms with Gasteiger partial charge in [-0.2, -0.15) is 0 Å². The van der Waals surface area contributed by atoms with Crippen LogP contribution in [0.4, 0.5) is 0 Å². The van der Waals surface area contributed by atoms with Gasteiger partial charge in [0.15, 0.2) is 11.5 Å². The van der Waals surface area contributed by atoms with Gasteiger partial charge in [0.1, 0.15) is 0 Å². The van der Waals surface area contributed by atoms with E-state index < -0.39 is 0 Å². The van der Waals surface area contributed by atoms with Gasteiger partial charge in [-0.15, -0.1) is 0 Å². The molecule has 1 aliphatic heterocycles. The summed E-state index contributed by atoms with van der Waals surface area (Å²) < 4.78 is 10.8. The van der Waals surface area contributed by atoms with Crippen molar-refractivity contribution >= 4 is 17.5 Å². The van der Waals surface area contributed by atoms with E-state index in [-0.39, 0.29) is 12.7 Å². The molecule has 0 saturated heterocycles. The molecule has 3 aromatic rings. The lowest BCUT2D eigenvalue weighted by Gasteiger charge is -2.23. The zero-order chi connectivity index (χ0) is 18.6. The van der Waals surface area contributed by atoms with Crippen LogP contribution in [-0.4, -0.2) is 22.6 Å². The topological polar surface area (TPSA) is 51.7 Å². The molecule has 136 valence electrons. The fraction of sp³-hybridized carbons (Fsp3) is 0.143. The van der Waals surface area contributed by atoms with Crippen molar-refractivity contribution in [1.29, 1.82) is 0 Å². The highest BCUT2D eigenvalue weighted by Gasteiger charge is 2.21. The van der Waals surface area contributed by atoms with Gasteiger partial charge >= 0.3 is 0 Å². The third-order valence-electron chi connectivity index (χ3n) is 4.28. The number of pyridine rings is 1. The summed E-state index contributed by atoms with van der Waals surface area (Å²) in [6.07, 6.45) is 1.72. The number of nitrogens with zero attached hydrogens (tertiary/aromatic N) is 2. The Labute approximate surface area is 162 Å². The number of carbonyl (C=O) groups is 1. The van der Waals surface area contributed by atoms with E-state index in [9.17, 15) is 4.79 Å². The molecule has 4 rings (SSSR count). The molecule has 5 nitrogen and oxygen atoms in total. The van der Waals surface area contributed by atoms with Crippen LogP contribution in [0.2, 0.25) is 5.02 Å². The molecule has 0 saturated carbocycles. The number of benzene rings is 2. The first-order chi connectivity index (χ1) is 13.2. The van der Waals surface area contributed by atoms with E-state index in [2.05, 4.69) is 4.98 Å². The van der Waals surface area contributed by atoms with Gasteiger partial charge in [-0.1, -0.05) is 35.9 Å². The number of halogens is 1. The monoisotopic (exact) mass is 380 g/mol. The van der Waals surface area contributed by atoms with Crippen LogP contribution in [0.25, 0.3) is 0 Å². The Kier molecular flexibility index (Phi) is 4.94. The Hall–Kier alpha value is -3.05. The van der Waals surface area contributed by atoms with Crippen molar-refractivity contribution in [3.8, 4) is 11.5 Å². The minimum absolute atomic E-state index is 0.149. The van der Waals surface area contributed by atoms with Crippen LogP contribution in [0, 0.1) is 0 Å². The standard InChI is InChI=1S/C21H17ClN2O3/c22-18-7-2-1-6-17(18)21(25)24(13-16-5-3-4-10-23-16)12-15-8-9-19-20(11-15)27-14-26-19/h1-11H,12-14H2. The Morgan fingerprint density at radius 1 is 1.00 bits per heavy atom. The van der Waals surface area contributed by atoms with E-state index in [0.717, 1.165) is 11.3 Å². The summed E-state index contributed by atoms with van der Waals surface area (Å²) >= 11 is 6.25. The minimum Gasteiger partial charge on any atom is -0.454 e. The molecule has 27 heavy (non-hydrogen) atoms. The number of rotatable bonds is 5. The average Bonchev–Trinajstić information content (AvgIpc) is 3.16. The van der Waals surface area contributed by atoms with Crippen LogP contribution >= 0.6 is 11.6 Å². The van der Waals surface area contributed by atoms with Gasteiger partial charge < -0.3 is 14.4 Å². The van der Waals surface area contributed by atoms with E-state index >= 15 is 0 Å². The second-order valence-corrected chi connectivity index (χ2v) is 6.56. The van der Waals surface area contributed by atoms with Crippen molar-refractivity contribution in [2.75, 3.05) is 6.79 Å². The minimum atomic E-state index is -0.149. The smallest absolute Gasteiger partial charge is 0.256 e. The van der Waals surface area contributed by atoms with E-state index in [1.165, 1.54) is 0 Å². The molecule has 6 heteroatoms. The molecule has 0 aliphatic carbocycles. The number of aromatic nitrogens is 1. The third-order valence-corrected chi connectivity index (χ3v) is 4.61. The molecule has 0 radical (unpaired) electrons. The Morgan fingerprint density at radius 3 is 2.63 bits per heavy atom. The normalized spacial score (nSPS) is 12.0. The molecular weight excluding hydrogens is 364 g/mol. The molecule has 2 aromatic carbocycles. The largest absolute Gasteiger partial charge is 0.454 e. The fourth-order valence-corrected chi connectivity index (χ4v) is 3.17. The summed E-state index contributed by atoms with van der Waals surface area (Å²) in [6.45, 7) is 0.992. The van der Waals surface area contributed by atoms with Crippen molar-refractivity contribution in [3.63, 3.8) is 0 Å². The molecule has 1 aromatic heterocycles. The molecule has 0 fully saturated rings. The maximum atomic E-state index is 13.2. The first-order valence-corrected chi connectivity index (χ1v) is 8.91. The lowest BCUT2D eigenvalue weighted by Crippen LogP contribution is -2.30. The number of fused-ring (bicyclic) bond motifs is 1. The van der Waals surface area contributed by atoms with Crippen molar-refractivity contribution in [1.82, 2.24) is 9.88 Å². The van der Waals surface area contributed by atoms with Gasteiger partial charge in [0.25, 0.3) is 5.91 Å². The van der Waals surface area contributed by atoms with Crippen molar-refractivity contribution in [2.24, 2.45) is 0 Å². The van der Waals surface area contributed by atoms with Gasteiger partial charge in [-0.3, -0.25) is 9.78 Å². The van der Waals surface area contributed by atoms with Crippen LogP contribution < -0.4 is 9.47 Å². The molecular formula is C21H17ClN2O3. The van der Waals surface area contributed by atoms with Crippen LogP contribution in [0.1, 0.15) is 21.6 Å². The maximum Gasteiger partial charge on any atom is 0.256 e. The predicted octanol–water partition coefficient (Wildman–Crippen LogP) is 4.31. The zero-order valence-corrected chi connectivity index (χ0v) is 15.2. The molecule has 0 atom stereocenters. The highest BCUT2D eigenvalue weighted by molar-refractivity contribution is 6.33. The molecule has 1 aliphatic rings. The second kappa shape index (κ2) is 7.68. The fourth-order valence-electron chi connectivity index (χ4n) is 2.95. The lowest BCUT2D eigenvalue weighted by molar-refractivity contribution is 0.0728. The van der Waals surface area contributed by atoms with E-state index in [1.54, 1.807) is 35.4 Å². The van der Waals surface area contributed by atoms with Crippen molar-refractivity contribution in [3.05, 3.63) is 88.7 Å². The van der Waals surface area contributed by atoms with Gasteiger partial charge in [0.2, 0.25) is 6.79 Å². The average molecular weight is 381 g/mol. The summed E-state index contributed by atoms with van der Waals surface area (Å²) in [5.74, 6) is 1.26. The number of ether oxygens (including phenoxy) is 2. The van der Waals surface area contributed by atoms with Crippen LogP contribution in [0.3, 0.4) is 0 Å². The maximum absolute atomic E-state index is 13.2. The molecule has 0 unspecified atom stereocenters. The van der Waals surface area contributed by atoms with E-state index in [4.69, 9.17) is 21.1 Å². The predicted molar refractivity (Wildman–Crippen MR) is 102 cm³/mol. The summed E-state index contributed by atoms with van der Waals surface area (Å²) in [5.41, 5.74) is 2.21. The van der Waals surface area contributed by atoms with Gasteiger partial charge in [0.05, 0.1) is 22.8 Å². The van der Waals surface area contributed by atoms with E-state index in [1.807, 2.05) is 36.4 Å². The number of hydrogen-bond donors (Lipinski definition) is 0. The number of carbonyl (C=O) groups excluding carboxylic acids is 1.